The number of methoxy groups -OCH3 is 2. The SMILES string of the molecule is COc1ccc(CCC(=O)NCc2cccc(NC(=O)CCNC(=O)OC(C)(C)C)c2)cc1OC. The van der Waals surface area contributed by atoms with Crippen LogP contribution in [0.2, 0.25) is 0 Å². The topological polar surface area (TPSA) is 115 Å². The van der Waals surface area contributed by atoms with Crippen LogP contribution in [-0.4, -0.2) is 44.3 Å². The Bertz CT molecular complexity index is 1020. The number of amides is 3. The molecule has 0 fully saturated rings. The van der Waals surface area contributed by atoms with Crippen LogP contribution >= 0.6 is 0 Å². The van der Waals surface area contributed by atoms with Crippen LogP contribution in [0.25, 0.3) is 0 Å². The van der Waals surface area contributed by atoms with Gasteiger partial charge in [0, 0.05) is 31.6 Å². The number of carbonyl (C=O) groups is 3. The van der Waals surface area contributed by atoms with Crippen molar-refractivity contribution in [1.29, 1.82) is 0 Å². The van der Waals surface area contributed by atoms with Gasteiger partial charge in [0.1, 0.15) is 5.60 Å². The number of rotatable bonds is 11. The van der Waals surface area contributed by atoms with Gasteiger partial charge in [-0.2, -0.15) is 0 Å². The molecule has 2 aromatic carbocycles. The Morgan fingerprint density at radius 2 is 1.57 bits per heavy atom. The first-order valence-corrected chi connectivity index (χ1v) is 11.4. The molecule has 0 aliphatic carbocycles. The standard InChI is InChI=1S/C26H35N3O6/c1-26(2,3)35-25(32)27-14-13-24(31)29-20-8-6-7-19(15-20)17-28-23(30)12-10-18-9-11-21(33-4)22(16-18)34-5/h6-9,11,15-16H,10,12-14,17H2,1-5H3,(H,27,32)(H,28,30)(H,29,31). The lowest BCUT2D eigenvalue weighted by Gasteiger charge is -2.19. The predicted octanol–water partition coefficient (Wildman–Crippen LogP) is 3.81. The molecule has 35 heavy (non-hydrogen) atoms. The number of benzene rings is 2. The van der Waals surface area contributed by atoms with E-state index in [9.17, 15) is 14.4 Å². The maximum Gasteiger partial charge on any atom is 0.407 e. The third-order valence-corrected chi connectivity index (χ3v) is 4.81. The molecule has 0 aliphatic heterocycles. The van der Waals surface area contributed by atoms with E-state index in [-0.39, 0.29) is 24.8 Å². The van der Waals surface area contributed by atoms with Crippen molar-refractivity contribution in [1.82, 2.24) is 10.6 Å². The zero-order valence-corrected chi connectivity index (χ0v) is 21.0. The fraction of sp³-hybridized carbons (Fsp3) is 0.423. The van der Waals surface area contributed by atoms with E-state index in [1.807, 2.05) is 24.3 Å². The van der Waals surface area contributed by atoms with E-state index >= 15 is 0 Å². The molecule has 2 rings (SSSR count). The fourth-order valence-corrected chi connectivity index (χ4v) is 3.16. The van der Waals surface area contributed by atoms with Gasteiger partial charge in [-0.15, -0.1) is 0 Å². The van der Waals surface area contributed by atoms with Gasteiger partial charge in [-0.1, -0.05) is 18.2 Å². The molecule has 9 heteroatoms. The smallest absolute Gasteiger partial charge is 0.407 e. The highest BCUT2D eigenvalue weighted by atomic mass is 16.6. The van der Waals surface area contributed by atoms with Crippen LogP contribution in [-0.2, 0) is 27.3 Å². The number of ether oxygens (including phenoxy) is 3. The third-order valence-electron chi connectivity index (χ3n) is 4.81. The number of hydrogen-bond acceptors (Lipinski definition) is 6. The summed E-state index contributed by atoms with van der Waals surface area (Å²) >= 11 is 0. The quantitative estimate of drug-likeness (QED) is 0.446. The minimum atomic E-state index is -0.592. The molecular weight excluding hydrogens is 450 g/mol. The molecule has 0 aliphatic rings. The maximum absolute atomic E-state index is 12.3. The van der Waals surface area contributed by atoms with Crippen LogP contribution in [0.1, 0.15) is 44.7 Å². The third kappa shape index (κ3) is 10.4. The largest absolute Gasteiger partial charge is 0.493 e. The Morgan fingerprint density at radius 3 is 2.26 bits per heavy atom. The van der Waals surface area contributed by atoms with Crippen molar-refractivity contribution in [3.8, 4) is 11.5 Å². The summed E-state index contributed by atoms with van der Waals surface area (Å²) in [6, 6.07) is 12.8. The Labute approximate surface area is 206 Å². The molecule has 0 unspecified atom stereocenters. The number of alkyl carbamates (subject to hydrolysis) is 1. The van der Waals surface area contributed by atoms with E-state index < -0.39 is 11.7 Å². The van der Waals surface area contributed by atoms with Crippen LogP contribution in [0.15, 0.2) is 42.5 Å². The molecule has 0 saturated carbocycles. The van der Waals surface area contributed by atoms with Crippen molar-refractivity contribution in [2.45, 2.75) is 52.2 Å². The van der Waals surface area contributed by atoms with Gasteiger partial charge in [-0.05, 0) is 62.6 Å². The van der Waals surface area contributed by atoms with Gasteiger partial charge in [-0.3, -0.25) is 9.59 Å². The predicted molar refractivity (Wildman–Crippen MR) is 134 cm³/mol. The van der Waals surface area contributed by atoms with E-state index in [1.54, 1.807) is 53.2 Å². The van der Waals surface area contributed by atoms with Crippen molar-refractivity contribution < 1.29 is 28.6 Å². The highest BCUT2D eigenvalue weighted by Gasteiger charge is 2.16. The van der Waals surface area contributed by atoms with E-state index in [1.165, 1.54) is 0 Å². The molecule has 9 nitrogen and oxygen atoms in total. The Morgan fingerprint density at radius 1 is 0.829 bits per heavy atom. The molecule has 0 heterocycles. The first kappa shape index (κ1) is 27.5. The lowest BCUT2D eigenvalue weighted by atomic mass is 10.1. The number of hydrogen-bond donors (Lipinski definition) is 3. The summed E-state index contributed by atoms with van der Waals surface area (Å²) in [5.41, 5.74) is 1.85. The molecule has 0 saturated heterocycles. The molecule has 0 spiro atoms. The summed E-state index contributed by atoms with van der Waals surface area (Å²) in [4.78, 5) is 36.1. The minimum absolute atomic E-state index is 0.0811. The van der Waals surface area contributed by atoms with Crippen LogP contribution in [0, 0.1) is 0 Å². The molecule has 0 atom stereocenters. The van der Waals surface area contributed by atoms with Gasteiger partial charge >= 0.3 is 6.09 Å². The highest BCUT2D eigenvalue weighted by Crippen LogP contribution is 2.27. The molecule has 0 radical (unpaired) electrons. The molecule has 190 valence electrons. The van der Waals surface area contributed by atoms with E-state index in [2.05, 4.69) is 16.0 Å². The van der Waals surface area contributed by atoms with E-state index in [4.69, 9.17) is 14.2 Å². The summed E-state index contributed by atoms with van der Waals surface area (Å²) in [6.07, 6.45) is 0.446. The van der Waals surface area contributed by atoms with Crippen LogP contribution in [0.5, 0.6) is 11.5 Å². The van der Waals surface area contributed by atoms with E-state index in [0.29, 0.717) is 36.6 Å². The Balaban J connectivity index is 1.75. The summed E-state index contributed by atoms with van der Waals surface area (Å²) < 4.78 is 15.7. The number of carbonyl (C=O) groups excluding carboxylic acids is 3. The second-order valence-corrected chi connectivity index (χ2v) is 8.89. The summed E-state index contributed by atoms with van der Waals surface area (Å²) in [5.74, 6) is 0.955. The normalized spacial score (nSPS) is 10.8. The Hall–Kier alpha value is -3.75. The monoisotopic (exact) mass is 485 g/mol. The molecule has 3 N–H and O–H groups in total. The van der Waals surface area contributed by atoms with Crippen LogP contribution < -0.4 is 25.4 Å². The van der Waals surface area contributed by atoms with Crippen LogP contribution in [0.4, 0.5) is 10.5 Å². The average molecular weight is 486 g/mol. The van der Waals surface area contributed by atoms with Gasteiger partial charge < -0.3 is 30.2 Å². The molecule has 0 bridgehead atoms. The Kier molecular flexibility index (Phi) is 10.4. The average Bonchev–Trinajstić information content (AvgIpc) is 2.80. The summed E-state index contributed by atoms with van der Waals surface area (Å²) in [7, 11) is 3.15. The van der Waals surface area contributed by atoms with Gasteiger partial charge in [0.2, 0.25) is 11.8 Å². The molecule has 0 aromatic heterocycles. The fourth-order valence-electron chi connectivity index (χ4n) is 3.16. The van der Waals surface area contributed by atoms with Gasteiger partial charge in [-0.25, -0.2) is 4.79 Å². The first-order chi connectivity index (χ1) is 16.6. The number of anilines is 1. The molecule has 2 aromatic rings. The van der Waals surface area contributed by atoms with E-state index in [0.717, 1.165) is 11.1 Å². The second kappa shape index (κ2) is 13.2. The zero-order valence-electron chi connectivity index (χ0n) is 21.0. The summed E-state index contributed by atoms with van der Waals surface area (Å²) in [5, 5.41) is 8.24. The lowest BCUT2D eigenvalue weighted by molar-refractivity contribution is -0.121. The van der Waals surface area contributed by atoms with Gasteiger partial charge in [0.05, 0.1) is 14.2 Å². The molecular formula is C26H35N3O6. The van der Waals surface area contributed by atoms with Gasteiger partial charge in [0.25, 0.3) is 0 Å². The molecule has 3 amide bonds. The maximum atomic E-state index is 12.3. The van der Waals surface area contributed by atoms with Crippen molar-refractivity contribution >= 4 is 23.6 Å². The first-order valence-electron chi connectivity index (χ1n) is 11.4. The summed E-state index contributed by atoms with van der Waals surface area (Å²) in [6.45, 7) is 5.82. The highest BCUT2D eigenvalue weighted by molar-refractivity contribution is 5.91. The van der Waals surface area contributed by atoms with Crippen molar-refractivity contribution in [2.75, 3.05) is 26.1 Å². The van der Waals surface area contributed by atoms with Crippen molar-refractivity contribution in [2.24, 2.45) is 0 Å². The second-order valence-electron chi connectivity index (χ2n) is 8.89. The number of nitrogens with one attached hydrogen (secondary N) is 3. The van der Waals surface area contributed by atoms with Gasteiger partial charge in [0.15, 0.2) is 11.5 Å². The van der Waals surface area contributed by atoms with Crippen molar-refractivity contribution in [3.63, 3.8) is 0 Å². The van der Waals surface area contributed by atoms with Crippen LogP contribution in [0.3, 0.4) is 0 Å². The zero-order chi connectivity index (χ0) is 25.8. The lowest BCUT2D eigenvalue weighted by Crippen LogP contribution is -2.34. The minimum Gasteiger partial charge on any atom is -0.493 e. The van der Waals surface area contributed by atoms with Crippen molar-refractivity contribution in [3.05, 3.63) is 53.6 Å². The number of aryl methyl sites for hydroxylation is 1.